The zero-order chi connectivity index (χ0) is 14.9. The number of methoxy groups -OCH3 is 1. The minimum absolute atomic E-state index is 0.379. The fourth-order valence-corrected chi connectivity index (χ4v) is 2.40. The topological polar surface area (TPSA) is 34.2 Å². The molecule has 0 spiro atoms. The normalized spacial score (nSPS) is 12.1. The molecular formula is C18H24N2O. The number of pyridine rings is 1. The van der Waals surface area contributed by atoms with Crippen LogP contribution in [0.15, 0.2) is 48.8 Å². The zero-order valence-corrected chi connectivity index (χ0v) is 12.9. The summed E-state index contributed by atoms with van der Waals surface area (Å²) in [6.07, 6.45) is 6.99. The molecule has 0 saturated carbocycles. The third kappa shape index (κ3) is 4.87. The molecule has 21 heavy (non-hydrogen) atoms. The molecule has 0 aliphatic heterocycles. The van der Waals surface area contributed by atoms with E-state index in [4.69, 9.17) is 4.74 Å². The van der Waals surface area contributed by atoms with E-state index < -0.39 is 0 Å². The Morgan fingerprint density at radius 3 is 2.43 bits per heavy atom. The molecule has 0 saturated heterocycles. The Bertz CT molecular complexity index is 511. The maximum atomic E-state index is 5.23. The molecule has 2 rings (SSSR count). The van der Waals surface area contributed by atoms with Gasteiger partial charge in [-0.3, -0.25) is 4.98 Å². The standard InChI is InChI=1S/C18H24N2O/c1-3-12-20-18(9-4-15-10-13-19-14-11-15)16-5-7-17(21-2)8-6-16/h5-8,10-11,13-14,18,20H,3-4,9,12H2,1-2H3. The number of aryl methyl sites for hydroxylation is 1. The number of hydrogen-bond acceptors (Lipinski definition) is 3. The van der Waals surface area contributed by atoms with E-state index >= 15 is 0 Å². The molecule has 3 nitrogen and oxygen atoms in total. The van der Waals surface area contributed by atoms with Crippen LogP contribution in [0.3, 0.4) is 0 Å². The lowest BCUT2D eigenvalue weighted by Crippen LogP contribution is -2.22. The minimum atomic E-state index is 0.379. The third-order valence-electron chi connectivity index (χ3n) is 3.63. The predicted molar refractivity (Wildman–Crippen MR) is 86.6 cm³/mol. The van der Waals surface area contributed by atoms with Gasteiger partial charge in [0, 0.05) is 18.4 Å². The Kier molecular flexibility index (Phi) is 6.22. The maximum Gasteiger partial charge on any atom is 0.118 e. The number of rotatable bonds is 8. The highest BCUT2D eigenvalue weighted by molar-refractivity contribution is 5.29. The summed E-state index contributed by atoms with van der Waals surface area (Å²) in [5.41, 5.74) is 2.65. The summed E-state index contributed by atoms with van der Waals surface area (Å²) in [6.45, 7) is 3.23. The molecule has 0 bridgehead atoms. The van der Waals surface area contributed by atoms with E-state index in [-0.39, 0.29) is 0 Å². The Hall–Kier alpha value is -1.87. The zero-order valence-electron chi connectivity index (χ0n) is 12.9. The number of benzene rings is 1. The molecule has 0 aliphatic rings. The van der Waals surface area contributed by atoms with Crippen LogP contribution in [0.2, 0.25) is 0 Å². The molecule has 0 amide bonds. The summed E-state index contributed by atoms with van der Waals surface area (Å²) >= 11 is 0. The lowest BCUT2D eigenvalue weighted by atomic mass is 9.99. The first-order chi connectivity index (χ1) is 10.3. The second-order valence-electron chi connectivity index (χ2n) is 5.17. The van der Waals surface area contributed by atoms with E-state index in [2.05, 4.69) is 41.5 Å². The Morgan fingerprint density at radius 2 is 1.81 bits per heavy atom. The number of nitrogens with one attached hydrogen (secondary N) is 1. The largest absolute Gasteiger partial charge is 0.497 e. The van der Waals surface area contributed by atoms with E-state index in [0.717, 1.165) is 31.6 Å². The quantitative estimate of drug-likeness (QED) is 0.801. The van der Waals surface area contributed by atoms with Crippen LogP contribution in [-0.2, 0) is 6.42 Å². The Morgan fingerprint density at radius 1 is 1.10 bits per heavy atom. The summed E-state index contributed by atoms with van der Waals surface area (Å²) in [6, 6.07) is 12.9. The fraction of sp³-hybridized carbons (Fsp3) is 0.389. The lowest BCUT2D eigenvalue weighted by Gasteiger charge is -2.19. The molecule has 2 aromatic rings. The van der Waals surface area contributed by atoms with Crippen molar-refractivity contribution in [3.63, 3.8) is 0 Å². The average Bonchev–Trinajstić information content (AvgIpc) is 2.56. The van der Waals surface area contributed by atoms with Crippen molar-refractivity contribution in [2.24, 2.45) is 0 Å². The highest BCUT2D eigenvalue weighted by atomic mass is 16.5. The van der Waals surface area contributed by atoms with Gasteiger partial charge < -0.3 is 10.1 Å². The first kappa shape index (κ1) is 15.5. The molecule has 0 aliphatic carbocycles. The number of ether oxygens (including phenoxy) is 1. The Balaban J connectivity index is 2.02. The first-order valence-corrected chi connectivity index (χ1v) is 7.59. The number of aromatic nitrogens is 1. The highest BCUT2D eigenvalue weighted by Gasteiger charge is 2.11. The second-order valence-corrected chi connectivity index (χ2v) is 5.17. The highest BCUT2D eigenvalue weighted by Crippen LogP contribution is 2.22. The fourth-order valence-electron chi connectivity index (χ4n) is 2.40. The van der Waals surface area contributed by atoms with E-state index in [0.29, 0.717) is 6.04 Å². The van der Waals surface area contributed by atoms with Gasteiger partial charge in [0.1, 0.15) is 5.75 Å². The molecule has 112 valence electrons. The van der Waals surface area contributed by atoms with Gasteiger partial charge in [-0.2, -0.15) is 0 Å². The van der Waals surface area contributed by atoms with Gasteiger partial charge >= 0.3 is 0 Å². The van der Waals surface area contributed by atoms with Crippen molar-refractivity contribution in [2.75, 3.05) is 13.7 Å². The van der Waals surface area contributed by atoms with Crippen molar-refractivity contribution < 1.29 is 4.74 Å². The van der Waals surface area contributed by atoms with E-state index in [1.54, 1.807) is 7.11 Å². The van der Waals surface area contributed by atoms with Gasteiger partial charge in [0.05, 0.1) is 7.11 Å². The van der Waals surface area contributed by atoms with Crippen molar-refractivity contribution in [1.82, 2.24) is 10.3 Å². The van der Waals surface area contributed by atoms with Crippen LogP contribution in [0.4, 0.5) is 0 Å². The molecule has 3 heteroatoms. The van der Waals surface area contributed by atoms with Crippen molar-refractivity contribution in [1.29, 1.82) is 0 Å². The first-order valence-electron chi connectivity index (χ1n) is 7.59. The van der Waals surface area contributed by atoms with Crippen LogP contribution < -0.4 is 10.1 Å². The van der Waals surface area contributed by atoms with Crippen molar-refractivity contribution >= 4 is 0 Å². The van der Waals surface area contributed by atoms with E-state index in [1.165, 1.54) is 11.1 Å². The van der Waals surface area contributed by atoms with Gasteiger partial charge in [0.25, 0.3) is 0 Å². The van der Waals surface area contributed by atoms with Crippen LogP contribution in [0.25, 0.3) is 0 Å². The average molecular weight is 284 g/mol. The molecule has 0 fully saturated rings. The third-order valence-corrected chi connectivity index (χ3v) is 3.63. The molecule has 0 radical (unpaired) electrons. The van der Waals surface area contributed by atoms with Gasteiger partial charge in [-0.25, -0.2) is 0 Å². The summed E-state index contributed by atoms with van der Waals surface area (Å²) < 4.78 is 5.23. The molecule has 1 atom stereocenters. The summed E-state index contributed by atoms with van der Waals surface area (Å²) in [5, 5.41) is 3.64. The molecule has 1 unspecified atom stereocenters. The SMILES string of the molecule is CCCNC(CCc1ccncc1)c1ccc(OC)cc1. The van der Waals surface area contributed by atoms with Crippen molar-refractivity contribution in [2.45, 2.75) is 32.2 Å². The number of hydrogen-bond donors (Lipinski definition) is 1. The summed E-state index contributed by atoms with van der Waals surface area (Å²) in [7, 11) is 1.70. The smallest absolute Gasteiger partial charge is 0.118 e. The van der Waals surface area contributed by atoms with Gasteiger partial charge in [-0.15, -0.1) is 0 Å². The minimum Gasteiger partial charge on any atom is -0.497 e. The molecule has 1 aromatic carbocycles. The Labute approximate surface area is 127 Å². The predicted octanol–water partition coefficient (Wildman–Crippen LogP) is 3.76. The second kappa shape index (κ2) is 8.42. The maximum absolute atomic E-state index is 5.23. The monoisotopic (exact) mass is 284 g/mol. The van der Waals surface area contributed by atoms with Crippen LogP contribution in [0.5, 0.6) is 5.75 Å². The van der Waals surface area contributed by atoms with Crippen LogP contribution in [0, 0.1) is 0 Å². The molecule has 1 aromatic heterocycles. The van der Waals surface area contributed by atoms with E-state index in [9.17, 15) is 0 Å². The molecule has 1 heterocycles. The van der Waals surface area contributed by atoms with Gasteiger partial charge in [-0.1, -0.05) is 19.1 Å². The molecule has 1 N–H and O–H groups in total. The summed E-state index contributed by atoms with van der Waals surface area (Å²) in [4.78, 5) is 4.07. The van der Waals surface area contributed by atoms with Crippen LogP contribution in [0.1, 0.15) is 36.9 Å². The summed E-state index contributed by atoms with van der Waals surface area (Å²) in [5.74, 6) is 0.905. The lowest BCUT2D eigenvalue weighted by molar-refractivity contribution is 0.414. The van der Waals surface area contributed by atoms with Crippen molar-refractivity contribution in [3.05, 3.63) is 59.9 Å². The van der Waals surface area contributed by atoms with E-state index in [1.807, 2.05) is 24.5 Å². The van der Waals surface area contributed by atoms with Gasteiger partial charge in [0.2, 0.25) is 0 Å². The van der Waals surface area contributed by atoms with Gasteiger partial charge in [-0.05, 0) is 61.2 Å². The van der Waals surface area contributed by atoms with Crippen molar-refractivity contribution in [3.8, 4) is 5.75 Å². The molecular weight excluding hydrogens is 260 g/mol. The number of nitrogens with zero attached hydrogens (tertiary/aromatic N) is 1. The van der Waals surface area contributed by atoms with Crippen LogP contribution >= 0.6 is 0 Å². The van der Waals surface area contributed by atoms with Crippen LogP contribution in [-0.4, -0.2) is 18.6 Å². The van der Waals surface area contributed by atoms with Gasteiger partial charge in [0.15, 0.2) is 0 Å².